The summed E-state index contributed by atoms with van der Waals surface area (Å²) in [7, 11) is -1.80. The summed E-state index contributed by atoms with van der Waals surface area (Å²) in [5.74, 6) is 0. The standard InChI is InChI=1S/C26H28N3O2P/c1-19(21-12-6-4-7-13-21)27-32(31,28-20(2)22-14-8-5-9-15-22)25-18-23-16-10-11-17-24(23)29(3)26(25)30/h4-20H,1-3H3,(H2,27,28,31)/t19-,20-/m1/s1. The van der Waals surface area contributed by atoms with Crippen molar-refractivity contribution in [2.75, 3.05) is 0 Å². The van der Waals surface area contributed by atoms with Crippen LogP contribution in [0, 0.1) is 0 Å². The van der Waals surface area contributed by atoms with Crippen LogP contribution in [0.15, 0.2) is 95.8 Å². The minimum atomic E-state index is -3.52. The molecule has 164 valence electrons. The summed E-state index contributed by atoms with van der Waals surface area (Å²) in [6.45, 7) is 3.92. The first-order valence-corrected chi connectivity index (χ1v) is 12.4. The second-order valence-corrected chi connectivity index (χ2v) is 10.3. The van der Waals surface area contributed by atoms with E-state index >= 15 is 0 Å². The summed E-state index contributed by atoms with van der Waals surface area (Å²) in [6.07, 6.45) is 0. The summed E-state index contributed by atoms with van der Waals surface area (Å²) in [5.41, 5.74) is 2.53. The molecule has 4 aromatic rings. The second-order valence-electron chi connectivity index (χ2n) is 8.08. The van der Waals surface area contributed by atoms with Crippen LogP contribution < -0.4 is 21.0 Å². The van der Waals surface area contributed by atoms with Crippen molar-refractivity contribution in [1.29, 1.82) is 0 Å². The topological polar surface area (TPSA) is 63.1 Å². The molecule has 6 heteroatoms. The van der Waals surface area contributed by atoms with Crippen molar-refractivity contribution in [2.45, 2.75) is 25.9 Å². The molecule has 0 fully saturated rings. The van der Waals surface area contributed by atoms with Gasteiger partial charge in [-0.3, -0.25) is 9.36 Å². The number of aryl methyl sites for hydroxylation is 1. The van der Waals surface area contributed by atoms with E-state index in [1.807, 2.05) is 98.8 Å². The van der Waals surface area contributed by atoms with Crippen molar-refractivity contribution in [3.05, 3.63) is 112 Å². The number of nitrogens with zero attached hydrogens (tertiary/aromatic N) is 1. The number of fused-ring (bicyclic) bond motifs is 1. The van der Waals surface area contributed by atoms with E-state index in [1.165, 1.54) is 0 Å². The number of hydrogen-bond acceptors (Lipinski definition) is 2. The van der Waals surface area contributed by atoms with E-state index in [-0.39, 0.29) is 22.9 Å². The van der Waals surface area contributed by atoms with Gasteiger partial charge in [-0.1, -0.05) is 78.9 Å². The molecule has 1 heterocycles. The lowest BCUT2D eigenvalue weighted by molar-refractivity contribution is 0.539. The van der Waals surface area contributed by atoms with Crippen LogP contribution in [0.5, 0.6) is 0 Å². The molecule has 0 bridgehead atoms. The van der Waals surface area contributed by atoms with Gasteiger partial charge >= 0.3 is 0 Å². The SMILES string of the molecule is C[C@@H](NP(=O)(N[C@H](C)c1ccccc1)c1cc2ccccc2n(C)c1=O)c1ccccc1. The molecule has 0 radical (unpaired) electrons. The highest BCUT2D eigenvalue weighted by atomic mass is 31.2. The number of para-hydroxylation sites is 1. The van der Waals surface area contributed by atoms with Gasteiger partial charge in [-0.2, -0.15) is 0 Å². The van der Waals surface area contributed by atoms with Crippen LogP contribution in [0.25, 0.3) is 10.9 Å². The number of benzene rings is 3. The lowest BCUT2D eigenvalue weighted by Crippen LogP contribution is -2.42. The predicted octanol–water partition coefficient (Wildman–Crippen LogP) is 5.06. The van der Waals surface area contributed by atoms with Crippen molar-refractivity contribution in [1.82, 2.24) is 14.7 Å². The molecule has 0 aliphatic rings. The predicted molar refractivity (Wildman–Crippen MR) is 132 cm³/mol. The number of pyridine rings is 1. The van der Waals surface area contributed by atoms with Gasteiger partial charge in [0.05, 0.1) is 5.52 Å². The van der Waals surface area contributed by atoms with E-state index in [0.717, 1.165) is 22.0 Å². The lowest BCUT2D eigenvalue weighted by Gasteiger charge is -2.28. The maximum absolute atomic E-state index is 14.6. The monoisotopic (exact) mass is 445 g/mol. The van der Waals surface area contributed by atoms with E-state index in [4.69, 9.17) is 0 Å². The van der Waals surface area contributed by atoms with Gasteiger partial charge in [-0.15, -0.1) is 0 Å². The van der Waals surface area contributed by atoms with Gasteiger partial charge in [0.25, 0.3) is 5.56 Å². The average molecular weight is 446 g/mol. The Balaban J connectivity index is 1.82. The first-order chi connectivity index (χ1) is 15.4. The molecule has 0 aliphatic heterocycles. The molecular formula is C26H28N3O2P. The average Bonchev–Trinajstić information content (AvgIpc) is 2.82. The smallest absolute Gasteiger partial charge is 0.264 e. The maximum Gasteiger partial charge on any atom is 0.264 e. The molecule has 2 N–H and O–H groups in total. The van der Waals surface area contributed by atoms with Crippen LogP contribution in [0.1, 0.15) is 37.1 Å². The molecule has 32 heavy (non-hydrogen) atoms. The summed E-state index contributed by atoms with van der Waals surface area (Å²) in [6, 6.07) is 28.6. The number of aromatic nitrogens is 1. The lowest BCUT2D eigenvalue weighted by atomic mass is 10.1. The van der Waals surface area contributed by atoms with Gasteiger partial charge in [0.1, 0.15) is 5.30 Å². The van der Waals surface area contributed by atoms with Gasteiger partial charge in [-0.05, 0) is 42.5 Å². The summed E-state index contributed by atoms with van der Waals surface area (Å²) < 4.78 is 16.1. The van der Waals surface area contributed by atoms with Crippen LogP contribution >= 0.6 is 7.44 Å². The number of hydrogen-bond donors (Lipinski definition) is 2. The zero-order chi connectivity index (χ0) is 22.7. The molecular weight excluding hydrogens is 417 g/mol. The third-order valence-electron chi connectivity index (χ3n) is 5.80. The Morgan fingerprint density at radius 2 is 1.22 bits per heavy atom. The third-order valence-corrected chi connectivity index (χ3v) is 8.30. The van der Waals surface area contributed by atoms with Gasteiger partial charge in [-0.25, -0.2) is 10.2 Å². The summed E-state index contributed by atoms with van der Waals surface area (Å²) in [5, 5.41) is 7.70. The van der Waals surface area contributed by atoms with Crippen molar-refractivity contribution in [3.63, 3.8) is 0 Å². The Kier molecular flexibility index (Phi) is 6.43. The second kappa shape index (κ2) is 9.25. The first kappa shape index (κ1) is 22.2. The largest absolute Gasteiger partial charge is 0.311 e. The highest BCUT2D eigenvalue weighted by Gasteiger charge is 2.32. The van der Waals surface area contributed by atoms with Crippen molar-refractivity contribution in [3.8, 4) is 0 Å². The van der Waals surface area contributed by atoms with Crippen LogP contribution in [-0.4, -0.2) is 4.57 Å². The highest BCUT2D eigenvalue weighted by molar-refractivity contribution is 7.67. The molecule has 5 nitrogen and oxygen atoms in total. The Bertz CT molecular complexity index is 1270. The molecule has 4 rings (SSSR count). The fourth-order valence-electron chi connectivity index (χ4n) is 3.99. The fourth-order valence-corrected chi connectivity index (χ4v) is 6.47. The maximum atomic E-state index is 14.6. The van der Waals surface area contributed by atoms with Gasteiger partial charge in [0.15, 0.2) is 0 Å². The zero-order valence-corrected chi connectivity index (χ0v) is 19.4. The van der Waals surface area contributed by atoms with E-state index in [1.54, 1.807) is 17.7 Å². The fraction of sp³-hybridized carbons (Fsp3) is 0.192. The zero-order valence-electron chi connectivity index (χ0n) is 18.5. The molecule has 0 amide bonds. The van der Waals surface area contributed by atoms with E-state index in [2.05, 4.69) is 10.2 Å². The van der Waals surface area contributed by atoms with Crippen LogP contribution in [0.3, 0.4) is 0 Å². The quantitative estimate of drug-likeness (QED) is 0.391. The normalized spacial score (nSPS) is 13.7. The third kappa shape index (κ3) is 4.46. The minimum absolute atomic E-state index is 0.228. The Hall–Kier alpha value is -2.98. The molecule has 0 aliphatic carbocycles. The molecule has 0 unspecified atom stereocenters. The molecule has 3 aromatic carbocycles. The van der Waals surface area contributed by atoms with E-state index in [9.17, 15) is 9.36 Å². The molecule has 0 saturated carbocycles. The van der Waals surface area contributed by atoms with Crippen LogP contribution in [0.4, 0.5) is 0 Å². The minimum Gasteiger partial charge on any atom is -0.311 e. The molecule has 0 saturated heterocycles. The molecule has 1 aromatic heterocycles. The first-order valence-electron chi connectivity index (χ1n) is 10.7. The summed E-state index contributed by atoms with van der Waals surface area (Å²) >= 11 is 0. The molecule has 2 atom stereocenters. The van der Waals surface area contributed by atoms with Crippen molar-refractivity contribution in [2.24, 2.45) is 7.05 Å². The number of rotatable bonds is 7. The Morgan fingerprint density at radius 1 is 0.750 bits per heavy atom. The van der Waals surface area contributed by atoms with Gasteiger partial charge in [0, 0.05) is 19.1 Å². The van der Waals surface area contributed by atoms with Crippen molar-refractivity contribution >= 4 is 23.7 Å². The van der Waals surface area contributed by atoms with E-state index in [0.29, 0.717) is 0 Å². The van der Waals surface area contributed by atoms with Gasteiger partial charge < -0.3 is 4.57 Å². The molecule has 0 spiro atoms. The number of nitrogens with one attached hydrogen (secondary N) is 2. The van der Waals surface area contributed by atoms with Crippen LogP contribution in [-0.2, 0) is 11.6 Å². The highest BCUT2D eigenvalue weighted by Crippen LogP contribution is 2.40. The van der Waals surface area contributed by atoms with Crippen LogP contribution in [0.2, 0.25) is 0 Å². The summed E-state index contributed by atoms with van der Waals surface area (Å²) in [4.78, 5) is 13.4. The Morgan fingerprint density at radius 3 is 1.75 bits per heavy atom. The van der Waals surface area contributed by atoms with Crippen molar-refractivity contribution < 1.29 is 4.57 Å². The van der Waals surface area contributed by atoms with Gasteiger partial charge in [0.2, 0.25) is 7.44 Å². The van der Waals surface area contributed by atoms with E-state index < -0.39 is 7.44 Å². The Labute approximate surface area is 188 Å².